The molecule has 1 N–H and O–H groups in total. The fourth-order valence-corrected chi connectivity index (χ4v) is 6.92. The van der Waals surface area contributed by atoms with Gasteiger partial charge >= 0.3 is 0 Å². The monoisotopic (exact) mass is 628 g/mol. The largest absolute Gasteiger partial charge is 0.355 e. The molecule has 0 radical (unpaired) electrons. The van der Waals surface area contributed by atoms with Gasteiger partial charge in [-0.2, -0.15) is 0 Å². The molecule has 0 unspecified atom stereocenters. The molecule has 0 fully saturated rings. The van der Waals surface area contributed by atoms with Crippen molar-refractivity contribution >= 4 is 44.5 Å². The number of hydrogen-bond acceptors (Lipinski definition) is 3. The predicted octanol–water partition coefficient (Wildman–Crippen LogP) is 11.5. The van der Waals surface area contributed by atoms with Crippen molar-refractivity contribution < 1.29 is 0 Å². The molecule has 2 heterocycles. The van der Waals surface area contributed by atoms with E-state index in [9.17, 15) is 0 Å². The highest BCUT2D eigenvalue weighted by molar-refractivity contribution is 6.15. The van der Waals surface area contributed by atoms with E-state index in [1.807, 2.05) is 24.3 Å². The van der Waals surface area contributed by atoms with Crippen LogP contribution in [0.1, 0.15) is 17.5 Å². The summed E-state index contributed by atoms with van der Waals surface area (Å²) in [7, 11) is 0. The minimum atomic E-state index is 0.710. The van der Waals surface area contributed by atoms with Crippen LogP contribution in [-0.2, 0) is 0 Å². The molecule has 49 heavy (non-hydrogen) atoms. The first-order chi connectivity index (χ1) is 24.3. The number of fused-ring (bicyclic) bond motifs is 3. The lowest BCUT2D eigenvalue weighted by Gasteiger charge is -2.14. The Labute approximate surface area is 285 Å². The number of nitrogens with one attached hydrogen (secondary N) is 1. The number of hydrogen-bond donors (Lipinski definition) is 1. The SMILES string of the molecule is C1=C(c2ccc3c(c2)c2c(-c4ccccc4)nc(-c4ccccc4)nc2n3-c2ccccc2)CC(c2ccccc2Nc2ccccc2)=C1. The highest BCUT2D eigenvalue weighted by atomic mass is 15.1. The molecule has 232 valence electrons. The van der Waals surface area contributed by atoms with Crippen LogP contribution in [0.3, 0.4) is 0 Å². The first-order valence-electron chi connectivity index (χ1n) is 16.6. The topological polar surface area (TPSA) is 42.7 Å². The Kier molecular flexibility index (Phi) is 7.17. The van der Waals surface area contributed by atoms with Crippen molar-refractivity contribution in [1.29, 1.82) is 0 Å². The van der Waals surface area contributed by atoms with Crippen LogP contribution in [0.4, 0.5) is 11.4 Å². The Morgan fingerprint density at radius 2 is 1.16 bits per heavy atom. The summed E-state index contributed by atoms with van der Waals surface area (Å²) >= 11 is 0. The molecule has 0 aliphatic heterocycles. The zero-order chi connectivity index (χ0) is 32.6. The fourth-order valence-electron chi connectivity index (χ4n) is 6.92. The third-order valence-corrected chi connectivity index (χ3v) is 9.27. The molecule has 0 spiro atoms. The van der Waals surface area contributed by atoms with Crippen LogP contribution in [0.5, 0.6) is 0 Å². The molecule has 6 aromatic carbocycles. The molecule has 0 amide bonds. The highest BCUT2D eigenvalue weighted by Gasteiger charge is 2.22. The van der Waals surface area contributed by atoms with Gasteiger partial charge in [0.1, 0.15) is 5.65 Å². The van der Waals surface area contributed by atoms with Gasteiger partial charge < -0.3 is 5.32 Å². The first kappa shape index (κ1) is 28.7. The lowest BCUT2D eigenvalue weighted by molar-refractivity contribution is 1.11. The molecule has 1 aliphatic rings. The van der Waals surface area contributed by atoms with Gasteiger partial charge in [0.05, 0.1) is 16.6 Å². The van der Waals surface area contributed by atoms with E-state index in [0.717, 1.165) is 62.2 Å². The quantitative estimate of drug-likeness (QED) is 0.191. The number of anilines is 2. The van der Waals surface area contributed by atoms with Gasteiger partial charge in [0.2, 0.25) is 0 Å². The van der Waals surface area contributed by atoms with E-state index in [2.05, 4.69) is 162 Å². The molecule has 4 heteroatoms. The van der Waals surface area contributed by atoms with Crippen LogP contribution in [0, 0.1) is 0 Å². The summed E-state index contributed by atoms with van der Waals surface area (Å²) < 4.78 is 2.28. The maximum atomic E-state index is 5.29. The van der Waals surface area contributed by atoms with E-state index < -0.39 is 0 Å². The summed E-state index contributed by atoms with van der Waals surface area (Å²) in [5.74, 6) is 0.710. The molecular weight excluding hydrogens is 597 g/mol. The number of para-hydroxylation sites is 3. The molecule has 0 bridgehead atoms. The number of benzene rings is 6. The summed E-state index contributed by atoms with van der Waals surface area (Å²) in [5, 5.41) is 5.81. The molecule has 4 nitrogen and oxygen atoms in total. The average Bonchev–Trinajstić information content (AvgIpc) is 3.79. The Bertz CT molecular complexity index is 2510. The lowest BCUT2D eigenvalue weighted by atomic mass is 9.96. The van der Waals surface area contributed by atoms with Gasteiger partial charge in [0, 0.05) is 39.1 Å². The van der Waals surface area contributed by atoms with Crippen LogP contribution in [-0.4, -0.2) is 14.5 Å². The zero-order valence-electron chi connectivity index (χ0n) is 26.8. The smallest absolute Gasteiger partial charge is 0.162 e. The summed E-state index contributed by atoms with van der Waals surface area (Å²) in [5.41, 5.74) is 13.2. The van der Waals surface area contributed by atoms with E-state index in [4.69, 9.17) is 9.97 Å². The van der Waals surface area contributed by atoms with Crippen molar-refractivity contribution in [2.75, 3.05) is 5.32 Å². The van der Waals surface area contributed by atoms with E-state index in [1.165, 1.54) is 22.3 Å². The van der Waals surface area contributed by atoms with E-state index in [-0.39, 0.29) is 0 Å². The third-order valence-electron chi connectivity index (χ3n) is 9.27. The van der Waals surface area contributed by atoms with Crippen molar-refractivity contribution in [2.24, 2.45) is 0 Å². The first-order valence-corrected chi connectivity index (χ1v) is 16.6. The van der Waals surface area contributed by atoms with Crippen LogP contribution < -0.4 is 5.32 Å². The second-order valence-electron chi connectivity index (χ2n) is 12.3. The van der Waals surface area contributed by atoms with Gasteiger partial charge in [-0.05, 0) is 65.6 Å². The number of allylic oxidation sites excluding steroid dienone is 4. The average molecular weight is 629 g/mol. The lowest BCUT2D eigenvalue weighted by Crippen LogP contribution is -1.99. The number of rotatable bonds is 7. The van der Waals surface area contributed by atoms with Gasteiger partial charge in [-0.3, -0.25) is 4.57 Å². The Morgan fingerprint density at radius 3 is 1.92 bits per heavy atom. The molecule has 8 aromatic rings. The maximum Gasteiger partial charge on any atom is 0.162 e. The highest BCUT2D eigenvalue weighted by Crippen LogP contribution is 2.42. The summed E-state index contributed by atoms with van der Waals surface area (Å²) in [6.07, 6.45) is 5.38. The molecular formula is C45H32N4. The van der Waals surface area contributed by atoms with Crippen molar-refractivity contribution in [1.82, 2.24) is 14.5 Å². The Balaban J connectivity index is 1.19. The summed E-state index contributed by atoms with van der Waals surface area (Å²) in [4.78, 5) is 10.6. The van der Waals surface area contributed by atoms with Crippen LogP contribution in [0.15, 0.2) is 176 Å². The van der Waals surface area contributed by atoms with E-state index in [1.54, 1.807) is 0 Å². The molecule has 9 rings (SSSR count). The molecule has 2 aromatic heterocycles. The van der Waals surface area contributed by atoms with Crippen molar-refractivity contribution in [3.05, 3.63) is 187 Å². The number of aromatic nitrogens is 3. The maximum absolute atomic E-state index is 5.29. The van der Waals surface area contributed by atoms with Crippen molar-refractivity contribution in [3.63, 3.8) is 0 Å². The van der Waals surface area contributed by atoms with Crippen LogP contribution in [0.2, 0.25) is 0 Å². The van der Waals surface area contributed by atoms with E-state index in [0.29, 0.717) is 5.82 Å². The summed E-state index contributed by atoms with van der Waals surface area (Å²) in [6, 6.07) is 57.0. The third kappa shape index (κ3) is 5.30. The Morgan fingerprint density at radius 1 is 0.531 bits per heavy atom. The Hall–Kier alpha value is -6.52. The van der Waals surface area contributed by atoms with Crippen molar-refractivity contribution in [2.45, 2.75) is 6.42 Å². The van der Waals surface area contributed by atoms with Gasteiger partial charge in [-0.1, -0.05) is 133 Å². The predicted molar refractivity (Wildman–Crippen MR) is 204 cm³/mol. The molecule has 0 saturated heterocycles. The van der Waals surface area contributed by atoms with Gasteiger partial charge in [0.15, 0.2) is 5.82 Å². The van der Waals surface area contributed by atoms with Crippen molar-refractivity contribution in [3.8, 4) is 28.3 Å². The van der Waals surface area contributed by atoms with Gasteiger partial charge in [-0.15, -0.1) is 0 Å². The van der Waals surface area contributed by atoms with Gasteiger partial charge in [-0.25, -0.2) is 9.97 Å². The van der Waals surface area contributed by atoms with Crippen LogP contribution >= 0.6 is 0 Å². The second-order valence-corrected chi connectivity index (χ2v) is 12.3. The van der Waals surface area contributed by atoms with Gasteiger partial charge in [0.25, 0.3) is 0 Å². The minimum absolute atomic E-state index is 0.710. The van der Waals surface area contributed by atoms with E-state index >= 15 is 0 Å². The fraction of sp³-hybridized carbons (Fsp3) is 0.0222. The molecule has 0 atom stereocenters. The normalized spacial score (nSPS) is 12.7. The molecule has 1 aliphatic carbocycles. The number of nitrogens with zero attached hydrogens (tertiary/aromatic N) is 3. The standard InChI is InChI=1S/C45H32N4/c1-5-15-31(16-6-1)43-42-39-30-34(33-25-26-35(29-33)38-23-13-14-24-40(38)46-36-19-9-3-10-20-36)27-28-41(39)49(37-21-11-4-12-22-37)45(42)48-44(47-43)32-17-7-2-8-18-32/h1-28,30,46H,29H2. The minimum Gasteiger partial charge on any atom is -0.355 e. The second kappa shape index (κ2) is 12.3. The zero-order valence-corrected chi connectivity index (χ0v) is 26.8. The summed E-state index contributed by atoms with van der Waals surface area (Å²) in [6.45, 7) is 0. The molecule has 0 saturated carbocycles. The van der Waals surface area contributed by atoms with Crippen LogP contribution in [0.25, 0.3) is 61.4 Å².